The number of halogens is 2. The molecule has 0 heterocycles. The van der Waals surface area contributed by atoms with Crippen LogP contribution in [0.4, 0.5) is 0 Å². The van der Waals surface area contributed by atoms with E-state index in [0.29, 0.717) is 69.5 Å². The summed E-state index contributed by atoms with van der Waals surface area (Å²) in [5.74, 6) is 0.641. The third-order valence-electron chi connectivity index (χ3n) is 5.76. The first-order valence-corrected chi connectivity index (χ1v) is 12.5. The van der Waals surface area contributed by atoms with Gasteiger partial charge < -0.3 is 9.47 Å². The highest BCUT2D eigenvalue weighted by atomic mass is 35.5. The van der Waals surface area contributed by atoms with Gasteiger partial charge in [0, 0.05) is 25.7 Å². The number of carbonyl (C=O) groups is 3. The minimum absolute atomic E-state index is 0.104. The zero-order valence-electron chi connectivity index (χ0n) is 20.9. The van der Waals surface area contributed by atoms with Gasteiger partial charge in [0.25, 0.3) is 0 Å². The summed E-state index contributed by atoms with van der Waals surface area (Å²) in [5.41, 5.74) is 2.89. The minimum Gasteiger partial charge on any atom is -0.494 e. The van der Waals surface area contributed by atoms with Crippen molar-refractivity contribution >= 4 is 46.1 Å². The van der Waals surface area contributed by atoms with Crippen LogP contribution in [0.25, 0.3) is 5.57 Å². The number of rotatable bonds is 13. The van der Waals surface area contributed by atoms with E-state index in [1.807, 2.05) is 13.0 Å². The largest absolute Gasteiger partial charge is 0.494 e. The molecule has 0 aliphatic rings. The Labute approximate surface area is 217 Å². The van der Waals surface area contributed by atoms with Crippen LogP contribution in [-0.2, 0) is 4.79 Å². The summed E-state index contributed by atoms with van der Waals surface area (Å²) in [6, 6.07) is 6.96. The van der Waals surface area contributed by atoms with Crippen molar-refractivity contribution < 1.29 is 23.9 Å². The minimum atomic E-state index is -0.104. The summed E-state index contributed by atoms with van der Waals surface area (Å²) in [5, 5.41) is 0.608. The smallest absolute Gasteiger partial charge is 0.166 e. The molecule has 188 valence electrons. The number of allylic oxidation sites excluding steroid dienone is 1. The molecule has 0 amide bonds. The van der Waals surface area contributed by atoms with Gasteiger partial charge in [-0.15, -0.1) is 0 Å². The van der Waals surface area contributed by atoms with Crippen LogP contribution in [-0.4, -0.2) is 31.6 Å². The fourth-order valence-electron chi connectivity index (χ4n) is 3.83. The van der Waals surface area contributed by atoms with Crippen molar-refractivity contribution in [2.75, 3.05) is 14.2 Å². The molecule has 35 heavy (non-hydrogen) atoms. The number of unbranched alkanes of at least 4 members (excludes halogenated alkanes) is 1. The second-order valence-corrected chi connectivity index (χ2v) is 8.85. The highest BCUT2D eigenvalue weighted by Gasteiger charge is 2.21. The van der Waals surface area contributed by atoms with E-state index in [4.69, 9.17) is 32.7 Å². The molecule has 7 heteroatoms. The number of hydrogen-bond acceptors (Lipinski definition) is 5. The van der Waals surface area contributed by atoms with Crippen LogP contribution >= 0.6 is 23.2 Å². The van der Waals surface area contributed by atoms with Crippen LogP contribution in [0.1, 0.15) is 91.1 Å². The molecular formula is C28H32Cl2O5. The number of methoxy groups -OCH3 is 2. The Kier molecular flexibility index (Phi) is 11.0. The molecule has 0 radical (unpaired) electrons. The Hall–Kier alpha value is -2.63. The van der Waals surface area contributed by atoms with Crippen LogP contribution in [0.5, 0.6) is 11.5 Å². The maximum absolute atomic E-state index is 12.7. The zero-order valence-corrected chi connectivity index (χ0v) is 22.4. The van der Waals surface area contributed by atoms with Gasteiger partial charge in [0.15, 0.2) is 11.6 Å². The number of carbonyl (C=O) groups excluding carboxylic acids is 3. The SMILES string of the molecule is CCC(=O)CCCC=C(c1cc(Cl)c(OC)c(C(=O)CC)c1)c1cc(Cl)c(OC)c(C(=O)CC)c1. The average molecular weight is 519 g/mol. The third-order valence-corrected chi connectivity index (χ3v) is 6.32. The summed E-state index contributed by atoms with van der Waals surface area (Å²) in [7, 11) is 2.95. The Morgan fingerprint density at radius 3 is 1.60 bits per heavy atom. The van der Waals surface area contributed by atoms with Crippen molar-refractivity contribution in [1.82, 2.24) is 0 Å². The fourth-order valence-corrected chi connectivity index (χ4v) is 4.43. The Morgan fingerprint density at radius 1 is 0.771 bits per heavy atom. The molecule has 0 saturated heterocycles. The normalized spacial score (nSPS) is 10.6. The molecule has 2 aromatic rings. The number of ketones is 3. The number of Topliss-reactive ketones (excluding diaryl/α,β-unsaturated/α-hetero) is 3. The number of ether oxygens (including phenoxy) is 2. The van der Waals surface area contributed by atoms with E-state index in [1.54, 1.807) is 38.1 Å². The lowest BCUT2D eigenvalue weighted by Crippen LogP contribution is -2.05. The molecule has 0 aliphatic carbocycles. The molecule has 2 rings (SSSR count). The van der Waals surface area contributed by atoms with E-state index in [1.165, 1.54) is 14.2 Å². The Bertz CT molecular complexity index is 1060. The van der Waals surface area contributed by atoms with Crippen molar-refractivity contribution in [3.63, 3.8) is 0 Å². The van der Waals surface area contributed by atoms with Crippen LogP contribution in [0.3, 0.4) is 0 Å². The lowest BCUT2D eigenvalue weighted by atomic mass is 9.91. The van der Waals surface area contributed by atoms with Gasteiger partial charge >= 0.3 is 0 Å². The van der Waals surface area contributed by atoms with E-state index in [9.17, 15) is 14.4 Å². The predicted molar refractivity (Wildman–Crippen MR) is 141 cm³/mol. The van der Waals surface area contributed by atoms with Gasteiger partial charge in [0.1, 0.15) is 17.3 Å². The molecule has 5 nitrogen and oxygen atoms in total. The summed E-state index contributed by atoms with van der Waals surface area (Å²) in [6.07, 6.45) is 4.83. The van der Waals surface area contributed by atoms with Crippen molar-refractivity contribution in [3.05, 3.63) is 62.6 Å². The van der Waals surface area contributed by atoms with E-state index < -0.39 is 0 Å². The number of benzene rings is 2. The molecule has 0 atom stereocenters. The Morgan fingerprint density at radius 2 is 1.23 bits per heavy atom. The van der Waals surface area contributed by atoms with Gasteiger partial charge in [-0.1, -0.05) is 50.0 Å². The molecule has 0 unspecified atom stereocenters. The van der Waals surface area contributed by atoms with Crippen molar-refractivity contribution in [2.24, 2.45) is 0 Å². The number of hydrogen-bond donors (Lipinski definition) is 0. The predicted octanol–water partition coefficient (Wildman–Crippen LogP) is 7.78. The van der Waals surface area contributed by atoms with Crippen molar-refractivity contribution in [3.8, 4) is 11.5 Å². The molecule has 0 bridgehead atoms. The molecular weight excluding hydrogens is 487 g/mol. The van der Waals surface area contributed by atoms with Crippen LogP contribution in [0.15, 0.2) is 30.3 Å². The van der Waals surface area contributed by atoms with Crippen molar-refractivity contribution in [1.29, 1.82) is 0 Å². The highest BCUT2D eigenvalue weighted by molar-refractivity contribution is 6.33. The van der Waals surface area contributed by atoms with Crippen molar-refractivity contribution in [2.45, 2.75) is 59.3 Å². The quantitative estimate of drug-likeness (QED) is 0.200. The maximum Gasteiger partial charge on any atom is 0.166 e. The molecule has 0 saturated carbocycles. The fraction of sp³-hybridized carbons (Fsp3) is 0.393. The zero-order chi connectivity index (χ0) is 26.1. The van der Waals surface area contributed by atoms with Gasteiger partial charge in [-0.25, -0.2) is 0 Å². The maximum atomic E-state index is 12.7. The lowest BCUT2D eigenvalue weighted by Gasteiger charge is -2.17. The lowest BCUT2D eigenvalue weighted by molar-refractivity contribution is -0.118. The molecule has 0 N–H and O–H groups in total. The van der Waals surface area contributed by atoms with E-state index >= 15 is 0 Å². The van der Waals surface area contributed by atoms with E-state index in [2.05, 4.69) is 0 Å². The second-order valence-electron chi connectivity index (χ2n) is 8.03. The van der Waals surface area contributed by atoms with Crippen LogP contribution in [0.2, 0.25) is 10.0 Å². The molecule has 2 aromatic carbocycles. The molecule has 0 fully saturated rings. The first kappa shape index (κ1) is 28.6. The van der Waals surface area contributed by atoms with Gasteiger partial charge in [-0.3, -0.25) is 14.4 Å². The second kappa shape index (κ2) is 13.5. The van der Waals surface area contributed by atoms with Gasteiger partial charge in [0.05, 0.1) is 35.4 Å². The molecule has 0 aliphatic heterocycles. The van der Waals surface area contributed by atoms with Gasteiger partial charge in [-0.2, -0.15) is 0 Å². The van der Waals surface area contributed by atoms with Crippen LogP contribution in [0, 0.1) is 0 Å². The van der Waals surface area contributed by atoms with Gasteiger partial charge in [-0.05, 0) is 53.8 Å². The molecule has 0 aromatic heterocycles. The monoisotopic (exact) mass is 518 g/mol. The third kappa shape index (κ3) is 6.96. The molecule has 0 spiro atoms. The van der Waals surface area contributed by atoms with E-state index in [0.717, 1.165) is 5.57 Å². The Balaban J connectivity index is 2.73. The van der Waals surface area contributed by atoms with Crippen LogP contribution < -0.4 is 9.47 Å². The highest BCUT2D eigenvalue weighted by Crippen LogP contribution is 2.39. The standard InChI is InChI=1S/C28H32Cl2O5/c1-6-19(31)11-9-10-12-20(17-13-21(25(32)7-2)27(34-4)23(29)15-17)18-14-22(26(33)8-3)28(35-5)24(30)16-18/h12-16H,6-11H2,1-5H3. The average Bonchev–Trinajstić information content (AvgIpc) is 2.86. The summed E-state index contributed by atoms with van der Waals surface area (Å²) in [6.45, 7) is 5.40. The summed E-state index contributed by atoms with van der Waals surface area (Å²) in [4.78, 5) is 37.1. The first-order chi connectivity index (χ1) is 16.7. The van der Waals surface area contributed by atoms with Gasteiger partial charge in [0.2, 0.25) is 0 Å². The topological polar surface area (TPSA) is 69.7 Å². The summed E-state index contributed by atoms with van der Waals surface area (Å²) < 4.78 is 10.8. The first-order valence-electron chi connectivity index (χ1n) is 11.8. The van der Waals surface area contributed by atoms with E-state index in [-0.39, 0.29) is 30.2 Å². The summed E-state index contributed by atoms with van der Waals surface area (Å²) >= 11 is 13.0.